The zero-order valence-electron chi connectivity index (χ0n) is 20.8. The summed E-state index contributed by atoms with van der Waals surface area (Å²) >= 11 is 0. The van der Waals surface area contributed by atoms with Gasteiger partial charge in [0.25, 0.3) is 0 Å². The standard InChI is InChI=1S/C27H29N2O/c1-16-9-10-21-22-14-20(28-7)11-17(2)25(22)30-26(21)24(16)23-13-19(15-27(4,5)6)12-18(3)29(23)8/h9-14H,15H2,1-6,8H3/q+1/i15D2. The maximum atomic E-state index is 8.83. The van der Waals surface area contributed by atoms with E-state index in [1.54, 1.807) is 0 Å². The molecule has 4 rings (SSSR count). The third-order valence-electron chi connectivity index (χ3n) is 5.57. The van der Waals surface area contributed by atoms with Crippen molar-refractivity contribution in [2.75, 3.05) is 0 Å². The highest BCUT2D eigenvalue weighted by Gasteiger charge is 2.24. The van der Waals surface area contributed by atoms with Gasteiger partial charge in [0, 0.05) is 32.6 Å². The summed E-state index contributed by atoms with van der Waals surface area (Å²) in [5.41, 5.74) is 7.12. The first-order valence-corrected chi connectivity index (χ1v) is 10.2. The molecule has 3 nitrogen and oxygen atoms in total. The van der Waals surface area contributed by atoms with E-state index in [4.69, 9.17) is 13.7 Å². The van der Waals surface area contributed by atoms with Crippen LogP contribution in [0.15, 0.2) is 40.8 Å². The predicted octanol–water partition coefficient (Wildman–Crippen LogP) is 7.14. The van der Waals surface area contributed by atoms with Gasteiger partial charge in [0.05, 0.1) is 12.1 Å². The lowest BCUT2D eigenvalue weighted by Gasteiger charge is -2.18. The normalized spacial score (nSPS) is 13.4. The van der Waals surface area contributed by atoms with Gasteiger partial charge in [-0.15, -0.1) is 0 Å². The second-order valence-corrected chi connectivity index (χ2v) is 9.19. The van der Waals surface area contributed by atoms with Crippen molar-refractivity contribution in [1.29, 1.82) is 0 Å². The van der Waals surface area contributed by atoms with E-state index in [1.807, 2.05) is 65.9 Å². The number of hydrogen-bond donors (Lipinski definition) is 0. The largest absolute Gasteiger partial charge is 0.455 e. The minimum absolute atomic E-state index is 0.551. The summed E-state index contributed by atoms with van der Waals surface area (Å²) < 4.78 is 26.2. The lowest BCUT2D eigenvalue weighted by Crippen LogP contribution is -2.35. The second-order valence-electron chi connectivity index (χ2n) is 9.19. The van der Waals surface area contributed by atoms with Crippen molar-refractivity contribution in [3.8, 4) is 11.3 Å². The lowest BCUT2D eigenvalue weighted by atomic mass is 9.87. The van der Waals surface area contributed by atoms with Gasteiger partial charge in [-0.25, -0.2) is 4.85 Å². The molecule has 0 atom stereocenters. The van der Waals surface area contributed by atoms with Gasteiger partial charge in [0.15, 0.2) is 11.4 Å². The second kappa shape index (κ2) is 6.99. The molecule has 0 saturated heterocycles. The van der Waals surface area contributed by atoms with E-state index in [9.17, 15) is 0 Å². The van der Waals surface area contributed by atoms with Crippen molar-refractivity contribution in [1.82, 2.24) is 0 Å². The molecule has 0 unspecified atom stereocenters. The number of aryl methyl sites for hydroxylation is 3. The molecule has 0 aliphatic rings. The average Bonchev–Trinajstić information content (AvgIpc) is 3.08. The molecular weight excluding hydrogens is 368 g/mol. The van der Waals surface area contributed by atoms with Crippen LogP contribution in [0.4, 0.5) is 5.69 Å². The fourth-order valence-electron chi connectivity index (χ4n) is 4.12. The zero-order valence-corrected chi connectivity index (χ0v) is 18.8. The van der Waals surface area contributed by atoms with Gasteiger partial charge >= 0.3 is 0 Å². The molecule has 2 aromatic carbocycles. The highest BCUT2D eigenvalue weighted by atomic mass is 16.3. The zero-order chi connectivity index (χ0) is 23.6. The molecule has 0 saturated carbocycles. The first kappa shape index (κ1) is 17.7. The highest BCUT2D eigenvalue weighted by molar-refractivity contribution is 6.11. The van der Waals surface area contributed by atoms with Gasteiger partial charge in [-0.1, -0.05) is 32.9 Å². The van der Waals surface area contributed by atoms with Crippen LogP contribution in [0.1, 0.15) is 45.9 Å². The number of aromatic nitrogens is 1. The highest BCUT2D eigenvalue weighted by Crippen LogP contribution is 2.40. The molecule has 2 aromatic heterocycles. The van der Waals surface area contributed by atoms with E-state index in [1.165, 1.54) is 0 Å². The van der Waals surface area contributed by atoms with E-state index in [0.29, 0.717) is 11.3 Å². The first-order valence-electron chi connectivity index (χ1n) is 11.2. The first-order chi connectivity index (χ1) is 14.9. The molecule has 3 heteroatoms. The summed E-state index contributed by atoms with van der Waals surface area (Å²) in [6, 6.07) is 11.8. The van der Waals surface area contributed by atoms with Crippen molar-refractivity contribution in [3.05, 3.63) is 70.2 Å². The van der Waals surface area contributed by atoms with E-state index >= 15 is 0 Å². The minimum Gasteiger partial charge on any atom is -0.455 e. The van der Waals surface area contributed by atoms with Gasteiger partial charge in [0.1, 0.15) is 18.2 Å². The van der Waals surface area contributed by atoms with Crippen molar-refractivity contribution in [2.45, 2.75) is 47.9 Å². The lowest BCUT2D eigenvalue weighted by molar-refractivity contribution is -0.666. The number of furan rings is 1. The summed E-state index contributed by atoms with van der Waals surface area (Å²) in [5, 5.41) is 1.91. The Bertz CT molecular complexity index is 1430. The van der Waals surface area contributed by atoms with Crippen LogP contribution >= 0.6 is 0 Å². The van der Waals surface area contributed by atoms with Crippen LogP contribution < -0.4 is 4.57 Å². The number of pyridine rings is 1. The Kier molecular flexibility index (Phi) is 4.13. The fourth-order valence-corrected chi connectivity index (χ4v) is 4.12. The smallest absolute Gasteiger partial charge is 0.216 e. The SMILES string of the molecule is [2H]C([2H])(c1cc(C)[n+](C)c(-c2c(C)ccc3c2oc2c(C)cc([N+]#[C-])cc23)c1)C(C)(C)C. The number of benzene rings is 2. The van der Waals surface area contributed by atoms with Gasteiger partial charge in [-0.3, -0.25) is 0 Å². The van der Waals surface area contributed by atoms with Gasteiger partial charge in [-0.2, -0.15) is 4.57 Å². The molecule has 0 bridgehead atoms. The minimum atomic E-state index is -1.50. The van der Waals surface area contributed by atoms with Crippen LogP contribution in [0, 0.1) is 32.8 Å². The Hall–Kier alpha value is -3.12. The number of rotatable bonds is 2. The maximum absolute atomic E-state index is 8.83. The molecule has 0 spiro atoms. The average molecular weight is 400 g/mol. The van der Waals surface area contributed by atoms with E-state index in [-0.39, 0.29) is 0 Å². The van der Waals surface area contributed by atoms with Crippen molar-refractivity contribution in [2.24, 2.45) is 12.5 Å². The van der Waals surface area contributed by atoms with Crippen LogP contribution in [0.25, 0.3) is 38.0 Å². The molecule has 2 heterocycles. The molecule has 0 radical (unpaired) electrons. The van der Waals surface area contributed by atoms with Crippen molar-refractivity contribution < 1.29 is 11.7 Å². The van der Waals surface area contributed by atoms with Crippen LogP contribution in [0.2, 0.25) is 0 Å². The van der Waals surface area contributed by atoms with Crippen LogP contribution in [0.3, 0.4) is 0 Å². The monoisotopic (exact) mass is 399 g/mol. The molecule has 30 heavy (non-hydrogen) atoms. The van der Waals surface area contributed by atoms with Gasteiger partial charge in [-0.05, 0) is 54.5 Å². The van der Waals surface area contributed by atoms with Crippen LogP contribution in [-0.4, -0.2) is 0 Å². The number of nitrogens with zero attached hydrogens (tertiary/aromatic N) is 2. The van der Waals surface area contributed by atoms with E-state index < -0.39 is 11.8 Å². The predicted molar refractivity (Wildman–Crippen MR) is 124 cm³/mol. The van der Waals surface area contributed by atoms with E-state index in [2.05, 4.69) is 28.5 Å². The molecule has 4 aromatic rings. The van der Waals surface area contributed by atoms with Gasteiger partial charge < -0.3 is 4.42 Å². The summed E-state index contributed by atoms with van der Waals surface area (Å²) in [6.45, 7) is 19.2. The summed E-state index contributed by atoms with van der Waals surface area (Å²) in [6.07, 6.45) is -1.50. The molecular formula is C27H29N2O+. The van der Waals surface area contributed by atoms with E-state index in [0.717, 1.165) is 50.0 Å². The van der Waals surface area contributed by atoms with Crippen molar-refractivity contribution >= 4 is 27.6 Å². The molecule has 0 aliphatic heterocycles. The molecule has 0 amide bonds. The molecule has 0 aliphatic carbocycles. The fraction of sp³-hybridized carbons (Fsp3) is 0.333. The summed E-state index contributed by atoms with van der Waals surface area (Å²) in [4.78, 5) is 3.62. The molecule has 0 fully saturated rings. The Balaban J connectivity index is 2.10. The number of hydrogen-bond acceptors (Lipinski definition) is 1. The van der Waals surface area contributed by atoms with Crippen molar-refractivity contribution in [3.63, 3.8) is 0 Å². The Morgan fingerprint density at radius 3 is 2.40 bits per heavy atom. The van der Waals surface area contributed by atoms with Crippen LogP contribution in [0.5, 0.6) is 0 Å². The van der Waals surface area contributed by atoms with Gasteiger partial charge in [0.2, 0.25) is 5.69 Å². The summed E-state index contributed by atoms with van der Waals surface area (Å²) in [5.74, 6) is 0. The van der Waals surface area contributed by atoms with Crippen LogP contribution in [-0.2, 0) is 13.4 Å². The Morgan fingerprint density at radius 1 is 1.00 bits per heavy atom. The molecule has 0 N–H and O–H groups in total. The Morgan fingerprint density at radius 2 is 1.73 bits per heavy atom. The third kappa shape index (κ3) is 3.37. The third-order valence-corrected chi connectivity index (χ3v) is 5.57. The summed E-state index contributed by atoms with van der Waals surface area (Å²) in [7, 11) is 2.00. The molecule has 152 valence electrons. The maximum Gasteiger partial charge on any atom is 0.216 e. The quantitative estimate of drug-likeness (QED) is 0.259. The number of fused-ring (bicyclic) bond motifs is 3. The Labute approximate surface area is 181 Å². The topological polar surface area (TPSA) is 21.4 Å².